The summed E-state index contributed by atoms with van der Waals surface area (Å²) in [4.78, 5) is 0. The molecular weight excluding hydrogens is 219 g/mol. The lowest BCUT2D eigenvalue weighted by Gasteiger charge is -2.21. The first kappa shape index (κ1) is 10.5. The number of nitrogens with zero attached hydrogens (tertiary/aromatic N) is 2. The van der Waals surface area contributed by atoms with E-state index >= 15 is 0 Å². The lowest BCUT2D eigenvalue weighted by atomic mass is 9.92. The molecule has 1 N–H and O–H groups in total. The van der Waals surface area contributed by atoms with Gasteiger partial charge in [-0.25, -0.2) is 4.39 Å². The molecule has 3 nitrogen and oxygen atoms in total. The third-order valence-electron chi connectivity index (χ3n) is 3.44. The van der Waals surface area contributed by atoms with E-state index in [2.05, 4.69) is 5.10 Å². The van der Waals surface area contributed by atoms with E-state index in [4.69, 9.17) is 0 Å². The Kier molecular flexibility index (Phi) is 2.10. The third-order valence-corrected chi connectivity index (χ3v) is 3.44. The second kappa shape index (κ2) is 3.40. The van der Waals surface area contributed by atoms with Gasteiger partial charge in [0.15, 0.2) is 0 Å². The summed E-state index contributed by atoms with van der Waals surface area (Å²) >= 11 is 0. The number of hydrogen-bond donors (Lipinski definition) is 1. The number of fused-ring (bicyclic) bond motifs is 1. The van der Waals surface area contributed by atoms with Gasteiger partial charge in [-0.1, -0.05) is 12.1 Å². The summed E-state index contributed by atoms with van der Waals surface area (Å²) in [6.45, 7) is 0. The van der Waals surface area contributed by atoms with E-state index in [9.17, 15) is 9.50 Å². The van der Waals surface area contributed by atoms with E-state index in [0.717, 1.165) is 0 Å². The van der Waals surface area contributed by atoms with Crippen molar-refractivity contribution in [2.75, 3.05) is 0 Å². The van der Waals surface area contributed by atoms with Crippen LogP contribution in [0.3, 0.4) is 0 Å². The van der Waals surface area contributed by atoms with Crippen LogP contribution in [0.5, 0.6) is 0 Å². The van der Waals surface area contributed by atoms with Crippen LogP contribution in [0.15, 0.2) is 30.5 Å². The molecule has 88 valence electrons. The first-order valence-electron chi connectivity index (χ1n) is 5.61. The molecule has 0 radical (unpaired) electrons. The maximum absolute atomic E-state index is 13.6. The van der Waals surface area contributed by atoms with Crippen LogP contribution in [0, 0.1) is 5.82 Å². The van der Waals surface area contributed by atoms with Crippen molar-refractivity contribution in [2.45, 2.75) is 18.4 Å². The molecule has 1 atom stereocenters. The number of halogens is 1. The molecule has 1 aromatic carbocycles. The normalized spacial score (nSPS) is 22.8. The maximum Gasteiger partial charge on any atom is 0.134 e. The van der Waals surface area contributed by atoms with Crippen LogP contribution in [0.2, 0.25) is 0 Å². The molecule has 0 fully saturated rings. The predicted octanol–water partition coefficient (Wildman–Crippen LogP) is 1.74. The van der Waals surface area contributed by atoms with Gasteiger partial charge in [-0.15, -0.1) is 0 Å². The van der Waals surface area contributed by atoms with Crippen molar-refractivity contribution in [3.05, 3.63) is 53.1 Å². The van der Waals surface area contributed by atoms with Gasteiger partial charge in [-0.05, 0) is 36.1 Å². The molecule has 4 heteroatoms. The lowest BCUT2D eigenvalue weighted by molar-refractivity contribution is 0.0776. The fourth-order valence-electron chi connectivity index (χ4n) is 2.54. The summed E-state index contributed by atoms with van der Waals surface area (Å²) in [6, 6.07) is 6.62. The summed E-state index contributed by atoms with van der Waals surface area (Å²) < 4.78 is 15.3. The highest BCUT2D eigenvalue weighted by Gasteiger charge is 2.41. The summed E-state index contributed by atoms with van der Waals surface area (Å²) in [6.07, 6.45) is 2.82. The van der Waals surface area contributed by atoms with E-state index in [1.165, 1.54) is 6.07 Å². The van der Waals surface area contributed by atoms with E-state index in [1.807, 2.05) is 0 Å². The number of aromatic nitrogens is 2. The van der Waals surface area contributed by atoms with Crippen molar-refractivity contribution in [1.82, 2.24) is 9.78 Å². The molecule has 1 aliphatic carbocycles. The highest BCUT2D eigenvalue weighted by Crippen LogP contribution is 2.41. The fraction of sp³-hybridized carbons (Fsp3) is 0.308. The summed E-state index contributed by atoms with van der Waals surface area (Å²) in [7, 11) is 1.80. The minimum Gasteiger partial charge on any atom is -0.379 e. The zero-order chi connectivity index (χ0) is 12.0. The van der Waals surface area contributed by atoms with Crippen LogP contribution in [-0.2, 0) is 19.1 Å². The topological polar surface area (TPSA) is 38.0 Å². The average molecular weight is 232 g/mol. The van der Waals surface area contributed by atoms with Gasteiger partial charge in [0.05, 0.1) is 5.69 Å². The molecule has 0 saturated carbocycles. The van der Waals surface area contributed by atoms with Crippen LogP contribution < -0.4 is 0 Å². The van der Waals surface area contributed by atoms with Crippen molar-refractivity contribution >= 4 is 0 Å². The van der Waals surface area contributed by atoms with Gasteiger partial charge in [0.1, 0.15) is 11.4 Å². The summed E-state index contributed by atoms with van der Waals surface area (Å²) in [5, 5.41) is 14.9. The van der Waals surface area contributed by atoms with Gasteiger partial charge in [0.25, 0.3) is 0 Å². The zero-order valence-corrected chi connectivity index (χ0v) is 9.52. The molecule has 3 rings (SSSR count). The molecule has 17 heavy (non-hydrogen) atoms. The number of benzene rings is 1. The van der Waals surface area contributed by atoms with E-state index in [0.29, 0.717) is 29.7 Å². The van der Waals surface area contributed by atoms with E-state index in [-0.39, 0.29) is 5.82 Å². The monoisotopic (exact) mass is 232 g/mol. The van der Waals surface area contributed by atoms with Crippen LogP contribution >= 0.6 is 0 Å². The minimum absolute atomic E-state index is 0.241. The predicted molar refractivity (Wildman–Crippen MR) is 60.9 cm³/mol. The Balaban J connectivity index is 2.17. The first-order chi connectivity index (χ1) is 8.11. The first-order valence-corrected chi connectivity index (χ1v) is 5.61. The Hall–Kier alpha value is -1.68. The molecule has 0 spiro atoms. The van der Waals surface area contributed by atoms with Crippen molar-refractivity contribution in [1.29, 1.82) is 0 Å². The fourth-order valence-corrected chi connectivity index (χ4v) is 2.54. The van der Waals surface area contributed by atoms with Crippen molar-refractivity contribution in [2.24, 2.45) is 7.05 Å². The van der Waals surface area contributed by atoms with Crippen LogP contribution in [0.4, 0.5) is 4.39 Å². The molecule has 0 aliphatic heterocycles. The average Bonchev–Trinajstić information content (AvgIpc) is 2.86. The van der Waals surface area contributed by atoms with Crippen molar-refractivity contribution in [3.8, 4) is 0 Å². The van der Waals surface area contributed by atoms with Gasteiger partial charge in [0, 0.05) is 13.2 Å². The molecule has 2 aromatic rings. The lowest BCUT2D eigenvalue weighted by Crippen LogP contribution is -2.24. The zero-order valence-electron chi connectivity index (χ0n) is 9.52. The number of hydrogen-bond acceptors (Lipinski definition) is 2. The van der Waals surface area contributed by atoms with Crippen LogP contribution in [-0.4, -0.2) is 14.9 Å². The Morgan fingerprint density at radius 2 is 2.24 bits per heavy atom. The highest BCUT2D eigenvalue weighted by atomic mass is 19.1. The van der Waals surface area contributed by atoms with E-state index < -0.39 is 5.60 Å². The number of aryl methyl sites for hydroxylation is 1. The molecule has 0 saturated heterocycles. The van der Waals surface area contributed by atoms with Gasteiger partial charge in [-0.3, -0.25) is 4.68 Å². The van der Waals surface area contributed by atoms with Gasteiger partial charge in [0.2, 0.25) is 0 Å². The van der Waals surface area contributed by atoms with Crippen molar-refractivity contribution < 1.29 is 9.50 Å². The standard InChI is InChI=1S/C13H13FN2O/c1-16-8-6-12(15-16)13(17)7-5-9-10(13)3-2-4-11(9)14/h2-4,6,8,17H,5,7H2,1H3. The largest absolute Gasteiger partial charge is 0.379 e. The maximum atomic E-state index is 13.6. The Morgan fingerprint density at radius 1 is 1.41 bits per heavy atom. The molecule has 1 unspecified atom stereocenters. The second-order valence-corrected chi connectivity index (χ2v) is 4.50. The molecule has 1 aromatic heterocycles. The molecule has 1 aliphatic rings. The van der Waals surface area contributed by atoms with Crippen LogP contribution in [0.1, 0.15) is 23.2 Å². The highest BCUT2D eigenvalue weighted by molar-refractivity contribution is 5.43. The summed E-state index contributed by atoms with van der Waals surface area (Å²) in [5.74, 6) is -0.241. The van der Waals surface area contributed by atoms with Crippen LogP contribution in [0.25, 0.3) is 0 Å². The molecule has 0 amide bonds. The number of rotatable bonds is 1. The Bertz CT molecular complexity index is 579. The SMILES string of the molecule is Cn1ccc(C2(O)CCc3c(F)cccc32)n1. The second-order valence-electron chi connectivity index (χ2n) is 4.50. The smallest absolute Gasteiger partial charge is 0.134 e. The van der Waals surface area contributed by atoms with Crippen molar-refractivity contribution in [3.63, 3.8) is 0 Å². The molecule has 0 bridgehead atoms. The molecule has 1 heterocycles. The van der Waals surface area contributed by atoms with Gasteiger partial charge < -0.3 is 5.11 Å². The third kappa shape index (κ3) is 1.41. The van der Waals surface area contributed by atoms with Gasteiger partial charge >= 0.3 is 0 Å². The number of aliphatic hydroxyl groups is 1. The Morgan fingerprint density at radius 3 is 2.94 bits per heavy atom. The minimum atomic E-state index is -1.14. The summed E-state index contributed by atoms with van der Waals surface area (Å²) in [5.41, 5.74) is 0.708. The molecular formula is C13H13FN2O. The quantitative estimate of drug-likeness (QED) is 0.813. The van der Waals surface area contributed by atoms with Gasteiger partial charge in [-0.2, -0.15) is 5.10 Å². The van der Waals surface area contributed by atoms with E-state index in [1.54, 1.807) is 36.1 Å². The Labute approximate surface area is 98.5 Å².